The predicted molar refractivity (Wildman–Crippen MR) is 72.5 cm³/mol. The average molecular weight is 265 g/mol. The summed E-state index contributed by atoms with van der Waals surface area (Å²) in [5.41, 5.74) is 9.55. The Morgan fingerprint density at radius 1 is 1.39 bits per heavy atom. The van der Waals surface area contributed by atoms with Crippen molar-refractivity contribution >= 4 is 11.5 Å². The fourth-order valence-corrected chi connectivity index (χ4v) is 2.73. The van der Waals surface area contributed by atoms with Crippen molar-refractivity contribution in [2.75, 3.05) is 0 Å². The predicted octanol–water partition coefficient (Wildman–Crippen LogP) is 1.64. The highest BCUT2D eigenvalue weighted by atomic mass is 32.1. The molecular weight excluding hydrogens is 246 g/mol. The molecular formula is C12H19N5S. The molecule has 2 rings (SSSR count). The number of hydrogen-bond acceptors (Lipinski definition) is 5. The summed E-state index contributed by atoms with van der Waals surface area (Å²) in [6.07, 6.45) is 2.61. The fraction of sp³-hybridized carbons (Fsp3) is 0.583. The van der Waals surface area contributed by atoms with Crippen LogP contribution < -0.4 is 5.73 Å². The molecule has 0 bridgehead atoms. The van der Waals surface area contributed by atoms with Crippen LogP contribution in [0.3, 0.4) is 0 Å². The van der Waals surface area contributed by atoms with Gasteiger partial charge < -0.3 is 5.73 Å². The van der Waals surface area contributed by atoms with Gasteiger partial charge in [0.05, 0.1) is 16.3 Å². The SMILES string of the molecule is CCc1cc(CC(N)c2snnc2CC)n(C)n1. The van der Waals surface area contributed by atoms with Crippen LogP contribution in [-0.2, 0) is 26.3 Å². The lowest BCUT2D eigenvalue weighted by molar-refractivity contribution is 0.639. The molecule has 6 heteroatoms. The zero-order chi connectivity index (χ0) is 13.1. The zero-order valence-corrected chi connectivity index (χ0v) is 11.9. The summed E-state index contributed by atoms with van der Waals surface area (Å²) in [6, 6.07) is 2.08. The topological polar surface area (TPSA) is 69.6 Å². The number of hydrogen-bond donors (Lipinski definition) is 1. The van der Waals surface area contributed by atoms with E-state index in [0.29, 0.717) is 0 Å². The largest absolute Gasteiger partial charge is 0.323 e. The Bertz CT molecular complexity index is 516. The maximum absolute atomic E-state index is 6.26. The van der Waals surface area contributed by atoms with Gasteiger partial charge in [-0.2, -0.15) is 5.10 Å². The van der Waals surface area contributed by atoms with E-state index in [1.165, 1.54) is 11.5 Å². The van der Waals surface area contributed by atoms with E-state index in [-0.39, 0.29) is 6.04 Å². The maximum Gasteiger partial charge on any atom is 0.0801 e. The van der Waals surface area contributed by atoms with Crippen molar-refractivity contribution in [3.05, 3.63) is 28.0 Å². The lowest BCUT2D eigenvalue weighted by atomic mass is 10.1. The van der Waals surface area contributed by atoms with Crippen LogP contribution in [0.4, 0.5) is 0 Å². The molecule has 0 aliphatic rings. The third kappa shape index (κ3) is 2.59. The van der Waals surface area contributed by atoms with E-state index < -0.39 is 0 Å². The van der Waals surface area contributed by atoms with Gasteiger partial charge in [0.1, 0.15) is 0 Å². The molecule has 1 atom stereocenters. The Morgan fingerprint density at radius 3 is 2.78 bits per heavy atom. The molecule has 0 saturated carbocycles. The van der Waals surface area contributed by atoms with E-state index >= 15 is 0 Å². The van der Waals surface area contributed by atoms with Crippen LogP contribution >= 0.6 is 11.5 Å². The smallest absolute Gasteiger partial charge is 0.0801 e. The molecule has 98 valence electrons. The van der Waals surface area contributed by atoms with E-state index in [9.17, 15) is 0 Å². The molecule has 5 nitrogen and oxygen atoms in total. The van der Waals surface area contributed by atoms with Crippen molar-refractivity contribution in [3.8, 4) is 0 Å². The molecule has 2 N–H and O–H groups in total. The number of nitrogens with zero attached hydrogens (tertiary/aromatic N) is 4. The minimum Gasteiger partial charge on any atom is -0.323 e. The lowest BCUT2D eigenvalue weighted by Gasteiger charge is -2.10. The van der Waals surface area contributed by atoms with E-state index in [1.807, 2.05) is 11.7 Å². The minimum atomic E-state index is -0.0416. The number of aromatic nitrogens is 4. The lowest BCUT2D eigenvalue weighted by Crippen LogP contribution is -2.15. The number of nitrogens with two attached hydrogens (primary N) is 1. The summed E-state index contributed by atoms with van der Waals surface area (Å²) < 4.78 is 5.90. The van der Waals surface area contributed by atoms with Crippen LogP contribution in [0.15, 0.2) is 6.07 Å². The van der Waals surface area contributed by atoms with Crippen molar-refractivity contribution in [1.29, 1.82) is 0 Å². The van der Waals surface area contributed by atoms with Crippen LogP contribution in [0.2, 0.25) is 0 Å². The van der Waals surface area contributed by atoms with Crippen molar-refractivity contribution in [1.82, 2.24) is 19.4 Å². The summed E-state index contributed by atoms with van der Waals surface area (Å²) in [6.45, 7) is 4.18. The third-order valence-electron chi connectivity index (χ3n) is 3.08. The molecule has 2 aromatic heterocycles. The van der Waals surface area contributed by atoms with Crippen LogP contribution in [0, 0.1) is 0 Å². The van der Waals surface area contributed by atoms with Crippen molar-refractivity contribution in [3.63, 3.8) is 0 Å². The maximum atomic E-state index is 6.26. The second-order valence-corrected chi connectivity index (χ2v) is 5.14. The van der Waals surface area contributed by atoms with E-state index in [0.717, 1.165) is 41.2 Å². The van der Waals surface area contributed by atoms with Gasteiger partial charge in [-0.05, 0) is 30.4 Å². The van der Waals surface area contributed by atoms with E-state index in [2.05, 4.69) is 34.6 Å². The van der Waals surface area contributed by atoms with Gasteiger partial charge in [0.25, 0.3) is 0 Å². The van der Waals surface area contributed by atoms with Crippen LogP contribution in [0.1, 0.15) is 41.8 Å². The quantitative estimate of drug-likeness (QED) is 0.892. The molecule has 0 aliphatic heterocycles. The summed E-state index contributed by atoms with van der Waals surface area (Å²) >= 11 is 1.40. The molecule has 2 heterocycles. The first-order valence-electron chi connectivity index (χ1n) is 6.24. The van der Waals surface area contributed by atoms with E-state index in [1.54, 1.807) is 0 Å². The van der Waals surface area contributed by atoms with Crippen molar-refractivity contribution in [2.24, 2.45) is 12.8 Å². The Morgan fingerprint density at radius 2 is 2.17 bits per heavy atom. The summed E-state index contributed by atoms with van der Waals surface area (Å²) in [4.78, 5) is 1.09. The summed E-state index contributed by atoms with van der Waals surface area (Å²) in [5, 5.41) is 8.55. The van der Waals surface area contributed by atoms with Gasteiger partial charge in [0.2, 0.25) is 0 Å². The van der Waals surface area contributed by atoms with Gasteiger partial charge in [0.15, 0.2) is 0 Å². The van der Waals surface area contributed by atoms with Crippen LogP contribution in [-0.4, -0.2) is 19.4 Å². The van der Waals surface area contributed by atoms with Crippen molar-refractivity contribution < 1.29 is 0 Å². The first kappa shape index (κ1) is 13.2. The van der Waals surface area contributed by atoms with Gasteiger partial charge in [0, 0.05) is 25.2 Å². The highest BCUT2D eigenvalue weighted by Crippen LogP contribution is 2.22. The molecule has 0 saturated heterocycles. The van der Waals surface area contributed by atoms with Gasteiger partial charge in [-0.3, -0.25) is 4.68 Å². The second-order valence-electron chi connectivity index (χ2n) is 4.35. The molecule has 0 spiro atoms. The normalized spacial score (nSPS) is 12.9. The van der Waals surface area contributed by atoms with Crippen LogP contribution in [0.25, 0.3) is 0 Å². The highest BCUT2D eigenvalue weighted by Gasteiger charge is 2.17. The Hall–Kier alpha value is -1.27. The van der Waals surface area contributed by atoms with Crippen molar-refractivity contribution in [2.45, 2.75) is 39.2 Å². The second kappa shape index (κ2) is 5.58. The summed E-state index contributed by atoms with van der Waals surface area (Å²) in [7, 11) is 1.97. The molecule has 1 unspecified atom stereocenters. The fourth-order valence-electron chi connectivity index (χ4n) is 2.00. The minimum absolute atomic E-state index is 0.0416. The first-order chi connectivity index (χ1) is 8.65. The Balaban J connectivity index is 2.15. The first-order valence-corrected chi connectivity index (χ1v) is 7.01. The van der Waals surface area contributed by atoms with Gasteiger partial charge in [-0.15, -0.1) is 5.10 Å². The molecule has 2 aromatic rings. The third-order valence-corrected chi connectivity index (χ3v) is 3.97. The van der Waals surface area contributed by atoms with E-state index in [4.69, 9.17) is 5.73 Å². The average Bonchev–Trinajstić information content (AvgIpc) is 2.96. The number of aryl methyl sites for hydroxylation is 3. The van der Waals surface area contributed by atoms with Gasteiger partial charge in [-0.25, -0.2) is 0 Å². The standard InChI is InChI=1S/C12H19N5S/c1-4-8-6-9(17(3)15-8)7-10(13)12-11(5-2)14-16-18-12/h6,10H,4-5,7,13H2,1-3H3. The summed E-state index contributed by atoms with van der Waals surface area (Å²) in [5.74, 6) is 0. The molecule has 0 amide bonds. The number of rotatable bonds is 5. The molecule has 0 fully saturated rings. The molecule has 18 heavy (non-hydrogen) atoms. The van der Waals surface area contributed by atoms with Gasteiger partial charge >= 0.3 is 0 Å². The molecule has 0 radical (unpaired) electrons. The Labute approximate surface area is 111 Å². The zero-order valence-electron chi connectivity index (χ0n) is 11.1. The molecule has 0 aliphatic carbocycles. The Kier molecular flexibility index (Phi) is 4.08. The monoisotopic (exact) mass is 265 g/mol. The molecule has 0 aromatic carbocycles. The highest BCUT2D eigenvalue weighted by molar-refractivity contribution is 7.05. The van der Waals surface area contributed by atoms with Gasteiger partial charge in [-0.1, -0.05) is 18.3 Å². The van der Waals surface area contributed by atoms with Crippen LogP contribution in [0.5, 0.6) is 0 Å².